The van der Waals surface area contributed by atoms with Gasteiger partial charge in [-0.15, -0.1) is 0 Å². The maximum atomic E-state index is 12.6. The number of anilines is 1. The van der Waals surface area contributed by atoms with Crippen LogP contribution < -0.4 is 15.4 Å². The number of nitrogens with one attached hydrogen (secondary N) is 2. The van der Waals surface area contributed by atoms with Gasteiger partial charge in [0.25, 0.3) is 0 Å². The number of hydrogen-bond donors (Lipinski definition) is 2. The maximum absolute atomic E-state index is 12.6. The number of urea groups is 1. The van der Waals surface area contributed by atoms with Crippen LogP contribution in [0.5, 0.6) is 11.5 Å². The number of carbonyl (C=O) groups is 1. The van der Waals surface area contributed by atoms with Gasteiger partial charge in [-0.25, -0.2) is 4.79 Å². The number of ether oxygens (including phenoxy) is 1. The fraction of sp³-hybridized carbons (Fsp3) is 0.381. The van der Waals surface area contributed by atoms with Crippen LogP contribution in [0.4, 0.5) is 10.5 Å². The van der Waals surface area contributed by atoms with Crippen LogP contribution in [0.25, 0.3) is 0 Å². The average molecular weight is 366 g/mol. The minimum Gasteiger partial charge on any atom is -0.457 e. The van der Waals surface area contributed by atoms with Gasteiger partial charge in [0.15, 0.2) is 0 Å². The fourth-order valence-electron chi connectivity index (χ4n) is 3.71. The molecule has 2 aromatic carbocycles. The highest BCUT2D eigenvalue weighted by Crippen LogP contribution is 2.24. The standard InChI is InChI=1S/C21H26N4O2/c26-21(25-13-11-24(12-14-25)18-9-10-22-16-18)23-17-5-4-8-20(15-17)27-19-6-2-1-3-7-19/h1-8,15,18,22H,9-14,16H2,(H,23,26)/t18-/m0/s1. The molecule has 6 nitrogen and oxygen atoms in total. The summed E-state index contributed by atoms with van der Waals surface area (Å²) < 4.78 is 5.84. The first-order valence-electron chi connectivity index (χ1n) is 9.61. The van der Waals surface area contributed by atoms with Crippen molar-refractivity contribution < 1.29 is 9.53 Å². The van der Waals surface area contributed by atoms with E-state index in [1.807, 2.05) is 59.5 Å². The second-order valence-electron chi connectivity index (χ2n) is 7.04. The van der Waals surface area contributed by atoms with Crippen LogP contribution in [-0.4, -0.2) is 61.1 Å². The quantitative estimate of drug-likeness (QED) is 0.873. The summed E-state index contributed by atoms with van der Waals surface area (Å²) in [7, 11) is 0. The van der Waals surface area contributed by atoms with Crippen molar-refractivity contribution in [3.8, 4) is 11.5 Å². The molecule has 0 spiro atoms. The molecule has 2 fully saturated rings. The Labute approximate surface area is 160 Å². The highest BCUT2D eigenvalue weighted by Gasteiger charge is 2.27. The van der Waals surface area contributed by atoms with E-state index in [1.165, 1.54) is 6.42 Å². The molecule has 2 aliphatic heterocycles. The summed E-state index contributed by atoms with van der Waals surface area (Å²) in [5.74, 6) is 1.48. The maximum Gasteiger partial charge on any atom is 0.321 e. The van der Waals surface area contributed by atoms with E-state index in [0.29, 0.717) is 11.8 Å². The summed E-state index contributed by atoms with van der Waals surface area (Å²) in [5, 5.41) is 6.41. The van der Waals surface area contributed by atoms with Gasteiger partial charge in [0, 0.05) is 50.5 Å². The Morgan fingerprint density at radius 3 is 2.52 bits per heavy atom. The Kier molecular flexibility index (Phi) is 5.55. The highest BCUT2D eigenvalue weighted by atomic mass is 16.5. The molecule has 0 bridgehead atoms. The van der Waals surface area contributed by atoms with Gasteiger partial charge in [0.1, 0.15) is 11.5 Å². The van der Waals surface area contributed by atoms with Crippen molar-refractivity contribution in [2.75, 3.05) is 44.6 Å². The molecule has 2 saturated heterocycles. The van der Waals surface area contributed by atoms with Crippen LogP contribution in [0.1, 0.15) is 6.42 Å². The van der Waals surface area contributed by atoms with Crippen molar-refractivity contribution in [3.63, 3.8) is 0 Å². The van der Waals surface area contributed by atoms with Crippen LogP contribution >= 0.6 is 0 Å². The molecular weight excluding hydrogens is 340 g/mol. The molecule has 0 unspecified atom stereocenters. The molecular formula is C21H26N4O2. The Hall–Kier alpha value is -2.57. The number of nitrogens with zero attached hydrogens (tertiary/aromatic N) is 2. The third kappa shape index (κ3) is 4.59. The predicted molar refractivity (Wildman–Crippen MR) is 106 cm³/mol. The van der Waals surface area contributed by atoms with Crippen molar-refractivity contribution in [2.45, 2.75) is 12.5 Å². The van der Waals surface area contributed by atoms with E-state index in [1.54, 1.807) is 0 Å². The van der Waals surface area contributed by atoms with Gasteiger partial charge < -0.3 is 20.3 Å². The van der Waals surface area contributed by atoms with E-state index < -0.39 is 0 Å². The van der Waals surface area contributed by atoms with Gasteiger partial charge in [0.2, 0.25) is 0 Å². The van der Waals surface area contributed by atoms with E-state index >= 15 is 0 Å². The van der Waals surface area contributed by atoms with E-state index in [0.717, 1.165) is 50.7 Å². The molecule has 2 aromatic rings. The third-order valence-electron chi connectivity index (χ3n) is 5.22. The molecule has 4 rings (SSSR count). The minimum absolute atomic E-state index is 0.0453. The van der Waals surface area contributed by atoms with Crippen molar-refractivity contribution >= 4 is 11.7 Å². The smallest absolute Gasteiger partial charge is 0.321 e. The lowest BCUT2D eigenvalue weighted by Gasteiger charge is -2.37. The lowest BCUT2D eigenvalue weighted by atomic mass is 10.2. The van der Waals surface area contributed by atoms with E-state index in [4.69, 9.17) is 4.74 Å². The molecule has 1 atom stereocenters. The molecule has 6 heteroatoms. The molecule has 27 heavy (non-hydrogen) atoms. The largest absolute Gasteiger partial charge is 0.457 e. The molecule has 2 heterocycles. The summed E-state index contributed by atoms with van der Waals surface area (Å²) in [6.07, 6.45) is 1.21. The van der Waals surface area contributed by atoms with Gasteiger partial charge in [-0.2, -0.15) is 0 Å². The van der Waals surface area contributed by atoms with Crippen LogP contribution in [0, 0.1) is 0 Å². The van der Waals surface area contributed by atoms with E-state index in [-0.39, 0.29) is 6.03 Å². The van der Waals surface area contributed by atoms with Crippen molar-refractivity contribution in [1.29, 1.82) is 0 Å². The zero-order valence-corrected chi connectivity index (χ0v) is 15.4. The zero-order valence-electron chi connectivity index (χ0n) is 15.4. The van der Waals surface area contributed by atoms with E-state index in [9.17, 15) is 4.79 Å². The fourth-order valence-corrected chi connectivity index (χ4v) is 3.71. The molecule has 0 aliphatic carbocycles. The lowest BCUT2D eigenvalue weighted by Crippen LogP contribution is -2.53. The number of rotatable bonds is 4. The lowest BCUT2D eigenvalue weighted by molar-refractivity contribution is 0.119. The first kappa shape index (κ1) is 17.8. The molecule has 0 saturated carbocycles. The number of amides is 2. The van der Waals surface area contributed by atoms with Crippen molar-refractivity contribution in [1.82, 2.24) is 15.1 Å². The highest BCUT2D eigenvalue weighted by molar-refractivity contribution is 5.89. The SMILES string of the molecule is O=C(Nc1cccc(Oc2ccccc2)c1)N1CCN([C@H]2CCNC2)CC1. The van der Waals surface area contributed by atoms with Crippen LogP contribution in [0.2, 0.25) is 0 Å². The number of para-hydroxylation sites is 1. The van der Waals surface area contributed by atoms with Gasteiger partial charge in [-0.1, -0.05) is 24.3 Å². The number of piperazine rings is 1. The van der Waals surface area contributed by atoms with Gasteiger partial charge >= 0.3 is 6.03 Å². The topological polar surface area (TPSA) is 56.8 Å². The zero-order chi connectivity index (χ0) is 18.5. The monoisotopic (exact) mass is 366 g/mol. The molecule has 2 aliphatic rings. The van der Waals surface area contributed by atoms with Crippen LogP contribution in [-0.2, 0) is 0 Å². The number of carbonyl (C=O) groups excluding carboxylic acids is 1. The van der Waals surface area contributed by atoms with Crippen molar-refractivity contribution in [2.24, 2.45) is 0 Å². The average Bonchev–Trinajstić information content (AvgIpc) is 3.24. The van der Waals surface area contributed by atoms with Gasteiger partial charge in [-0.05, 0) is 37.2 Å². The predicted octanol–water partition coefficient (Wildman–Crippen LogP) is 2.99. The van der Waals surface area contributed by atoms with Crippen LogP contribution in [0.3, 0.4) is 0 Å². The molecule has 142 valence electrons. The van der Waals surface area contributed by atoms with Gasteiger partial charge in [0.05, 0.1) is 0 Å². The first-order valence-corrected chi connectivity index (χ1v) is 9.61. The number of hydrogen-bond acceptors (Lipinski definition) is 4. The van der Waals surface area contributed by atoms with Crippen molar-refractivity contribution in [3.05, 3.63) is 54.6 Å². The third-order valence-corrected chi connectivity index (χ3v) is 5.22. The summed E-state index contributed by atoms with van der Waals surface area (Å²) in [5.41, 5.74) is 0.746. The minimum atomic E-state index is -0.0453. The normalized spacial score (nSPS) is 20.4. The second kappa shape index (κ2) is 8.41. The second-order valence-corrected chi connectivity index (χ2v) is 7.04. The molecule has 2 N–H and O–H groups in total. The summed E-state index contributed by atoms with van der Waals surface area (Å²) in [6, 6.07) is 17.7. The van der Waals surface area contributed by atoms with Crippen LogP contribution in [0.15, 0.2) is 54.6 Å². The van der Waals surface area contributed by atoms with E-state index in [2.05, 4.69) is 15.5 Å². The molecule has 0 radical (unpaired) electrons. The summed E-state index contributed by atoms with van der Waals surface area (Å²) in [4.78, 5) is 17.0. The Morgan fingerprint density at radius 2 is 1.78 bits per heavy atom. The number of benzene rings is 2. The molecule has 0 aromatic heterocycles. The Balaban J connectivity index is 1.31. The Morgan fingerprint density at radius 1 is 1.00 bits per heavy atom. The summed E-state index contributed by atoms with van der Waals surface area (Å²) >= 11 is 0. The van der Waals surface area contributed by atoms with Gasteiger partial charge in [-0.3, -0.25) is 4.90 Å². The Bertz CT molecular complexity index is 754. The molecule has 2 amide bonds. The first-order chi connectivity index (χ1) is 13.3. The summed E-state index contributed by atoms with van der Waals surface area (Å²) in [6.45, 7) is 5.59.